The van der Waals surface area contributed by atoms with Crippen molar-refractivity contribution in [2.45, 2.75) is 38.3 Å². The Morgan fingerprint density at radius 1 is 1.24 bits per heavy atom. The SMILES string of the molecule is FC(F)(F)c1cc(NCC2CCCCC2)n2ncnc2n1. The Hall–Kier alpha value is -1.86. The van der Waals surface area contributed by atoms with E-state index in [4.69, 9.17) is 0 Å². The molecule has 1 fully saturated rings. The number of nitrogens with one attached hydrogen (secondary N) is 1. The number of hydrogen-bond donors (Lipinski definition) is 1. The summed E-state index contributed by atoms with van der Waals surface area (Å²) in [5, 5.41) is 7.00. The topological polar surface area (TPSA) is 55.1 Å². The molecule has 0 unspecified atom stereocenters. The molecule has 0 aliphatic heterocycles. The minimum absolute atomic E-state index is 0.0454. The molecule has 0 amide bonds. The molecule has 21 heavy (non-hydrogen) atoms. The van der Waals surface area contributed by atoms with Gasteiger partial charge in [0.15, 0.2) is 5.69 Å². The van der Waals surface area contributed by atoms with Crippen molar-refractivity contribution in [3.63, 3.8) is 0 Å². The third-order valence-electron chi connectivity index (χ3n) is 3.84. The summed E-state index contributed by atoms with van der Waals surface area (Å²) in [6.07, 6.45) is 2.57. The predicted octanol–water partition coefficient (Wildman–Crippen LogP) is 3.14. The Labute approximate surface area is 119 Å². The first-order valence-electron chi connectivity index (χ1n) is 7.06. The maximum absolute atomic E-state index is 12.8. The van der Waals surface area contributed by atoms with Crippen LogP contribution in [-0.2, 0) is 6.18 Å². The molecule has 8 heteroatoms. The highest BCUT2D eigenvalue weighted by Gasteiger charge is 2.34. The molecule has 2 aromatic heterocycles. The zero-order valence-electron chi connectivity index (χ0n) is 11.4. The lowest BCUT2D eigenvalue weighted by atomic mass is 9.89. The number of alkyl halides is 3. The fourth-order valence-corrected chi connectivity index (χ4v) is 2.72. The lowest BCUT2D eigenvalue weighted by molar-refractivity contribution is -0.141. The summed E-state index contributed by atoms with van der Waals surface area (Å²) in [6, 6.07) is 0.991. The average molecular weight is 299 g/mol. The van der Waals surface area contributed by atoms with Crippen LogP contribution in [0.4, 0.5) is 19.0 Å². The van der Waals surface area contributed by atoms with E-state index in [1.54, 1.807) is 0 Å². The minimum Gasteiger partial charge on any atom is -0.370 e. The highest BCUT2D eigenvalue weighted by Crippen LogP contribution is 2.30. The molecular weight excluding hydrogens is 283 g/mol. The molecule has 0 spiro atoms. The number of anilines is 1. The van der Waals surface area contributed by atoms with Crippen LogP contribution in [0.3, 0.4) is 0 Å². The van der Waals surface area contributed by atoms with Crippen LogP contribution in [0.15, 0.2) is 12.4 Å². The van der Waals surface area contributed by atoms with E-state index < -0.39 is 11.9 Å². The van der Waals surface area contributed by atoms with E-state index >= 15 is 0 Å². The van der Waals surface area contributed by atoms with Crippen molar-refractivity contribution in [3.8, 4) is 0 Å². The predicted molar refractivity (Wildman–Crippen MR) is 70.8 cm³/mol. The molecule has 1 aliphatic carbocycles. The summed E-state index contributed by atoms with van der Waals surface area (Å²) in [4.78, 5) is 7.24. The van der Waals surface area contributed by atoms with Crippen molar-refractivity contribution < 1.29 is 13.2 Å². The quantitative estimate of drug-likeness (QED) is 0.946. The van der Waals surface area contributed by atoms with Crippen LogP contribution in [0.2, 0.25) is 0 Å². The van der Waals surface area contributed by atoms with Crippen molar-refractivity contribution in [3.05, 3.63) is 18.1 Å². The molecular formula is C13H16F3N5. The molecule has 1 saturated carbocycles. The fourth-order valence-electron chi connectivity index (χ4n) is 2.72. The van der Waals surface area contributed by atoms with Gasteiger partial charge in [0, 0.05) is 12.6 Å². The van der Waals surface area contributed by atoms with Gasteiger partial charge in [0.2, 0.25) is 0 Å². The Morgan fingerprint density at radius 2 is 2.00 bits per heavy atom. The first kappa shape index (κ1) is 14.1. The van der Waals surface area contributed by atoms with Crippen molar-refractivity contribution in [2.75, 3.05) is 11.9 Å². The van der Waals surface area contributed by atoms with Crippen molar-refractivity contribution in [2.24, 2.45) is 5.92 Å². The molecule has 1 aliphatic rings. The second kappa shape index (κ2) is 5.50. The maximum atomic E-state index is 12.8. The molecule has 0 aromatic carbocycles. The van der Waals surface area contributed by atoms with Gasteiger partial charge in [-0.25, -0.2) is 4.98 Å². The van der Waals surface area contributed by atoms with E-state index in [1.165, 1.54) is 30.1 Å². The molecule has 3 rings (SSSR count). The number of hydrogen-bond acceptors (Lipinski definition) is 4. The van der Waals surface area contributed by atoms with Crippen molar-refractivity contribution in [1.82, 2.24) is 19.6 Å². The third-order valence-corrected chi connectivity index (χ3v) is 3.84. The Kier molecular flexibility index (Phi) is 3.69. The van der Waals surface area contributed by atoms with E-state index in [2.05, 4.69) is 20.4 Å². The highest BCUT2D eigenvalue weighted by atomic mass is 19.4. The molecule has 0 saturated heterocycles. The molecule has 2 heterocycles. The van der Waals surface area contributed by atoms with E-state index in [1.807, 2.05) is 0 Å². The fraction of sp³-hybridized carbons (Fsp3) is 0.615. The number of halogens is 3. The number of aromatic nitrogens is 4. The second-order valence-electron chi connectivity index (χ2n) is 5.38. The van der Waals surface area contributed by atoms with Crippen LogP contribution in [-0.4, -0.2) is 26.1 Å². The van der Waals surface area contributed by atoms with Gasteiger partial charge in [0.05, 0.1) is 0 Å². The Bertz CT molecular complexity index is 616. The van der Waals surface area contributed by atoms with Crippen LogP contribution in [0.5, 0.6) is 0 Å². The van der Waals surface area contributed by atoms with Crippen LogP contribution in [0.1, 0.15) is 37.8 Å². The molecule has 0 atom stereocenters. The van der Waals surface area contributed by atoms with E-state index in [-0.39, 0.29) is 11.6 Å². The summed E-state index contributed by atoms with van der Waals surface area (Å²) >= 11 is 0. The Balaban J connectivity index is 1.84. The lowest BCUT2D eigenvalue weighted by Crippen LogP contribution is -2.20. The van der Waals surface area contributed by atoms with E-state index in [9.17, 15) is 13.2 Å². The molecule has 0 radical (unpaired) electrons. The maximum Gasteiger partial charge on any atom is 0.433 e. The van der Waals surface area contributed by atoms with Gasteiger partial charge in [-0.2, -0.15) is 27.8 Å². The zero-order chi connectivity index (χ0) is 14.9. The van der Waals surface area contributed by atoms with Gasteiger partial charge in [-0.15, -0.1) is 0 Å². The largest absolute Gasteiger partial charge is 0.433 e. The van der Waals surface area contributed by atoms with E-state index in [0.717, 1.165) is 18.9 Å². The number of rotatable bonds is 3. The molecule has 0 bridgehead atoms. The average Bonchev–Trinajstić information content (AvgIpc) is 2.93. The van der Waals surface area contributed by atoms with Crippen molar-refractivity contribution >= 4 is 11.6 Å². The van der Waals surface area contributed by atoms with Gasteiger partial charge in [-0.05, 0) is 18.8 Å². The summed E-state index contributed by atoms with van der Waals surface area (Å²) < 4.78 is 39.9. The smallest absolute Gasteiger partial charge is 0.370 e. The van der Waals surface area contributed by atoms with Gasteiger partial charge in [-0.3, -0.25) is 0 Å². The van der Waals surface area contributed by atoms with Crippen LogP contribution in [0, 0.1) is 5.92 Å². The van der Waals surface area contributed by atoms with Crippen LogP contribution in [0.25, 0.3) is 5.78 Å². The third kappa shape index (κ3) is 3.08. The number of nitrogens with zero attached hydrogens (tertiary/aromatic N) is 4. The van der Waals surface area contributed by atoms with Gasteiger partial charge < -0.3 is 5.32 Å². The minimum atomic E-state index is -4.49. The lowest BCUT2D eigenvalue weighted by Gasteiger charge is -2.22. The second-order valence-corrected chi connectivity index (χ2v) is 5.38. The normalized spacial score (nSPS) is 17.3. The summed E-state index contributed by atoms with van der Waals surface area (Å²) in [7, 11) is 0. The first-order chi connectivity index (χ1) is 10.0. The molecule has 114 valence electrons. The standard InChI is InChI=1S/C13H16F3N5/c14-13(15,16)10-6-11(21-12(20-10)18-8-19-21)17-7-9-4-2-1-3-5-9/h6,8-9,17H,1-5,7H2. The number of fused-ring (bicyclic) bond motifs is 1. The first-order valence-corrected chi connectivity index (χ1v) is 7.06. The monoisotopic (exact) mass is 299 g/mol. The molecule has 5 nitrogen and oxygen atoms in total. The van der Waals surface area contributed by atoms with Crippen LogP contribution < -0.4 is 5.32 Å². The van der Waals surface area contributed by atoms with E-state index in [0.29, 0.717) is 12.5 Å². The van der Waals surface area contributed by atoms with Gasteiger partial charge in [0.1, 0.15) is 12.1 Å². The van der Waals surface area contributed by atoms with Crippen molar-refractivity contribution in [1.29, 1.82) is 0 Å². The molecule has 2 aromatic rings. The van der Waals surface area contributed by atoms with Crippen LogP contribution >= 0.6 is 0 Å². The van der Waals surface area contributed by atoms with Gasteiger partial charge in [-0.1, -0.05) is 19.3 Å². The summed E-state index contributed by atoms with van der Waals surface area (Å²) in [5.74, 6) is 0.742. The summed E-state index contributed by atoms with van der Waals surface area (Å²) in [5.41, 5.74) is -0.950. The molecule has 1 N–H and O–H groups in total. The highest BCUT2D eigenvalue weighted by molar-refractivity contribution is 5.45. The van der Waals surface area contributed by atoms with Gasteiger partial charge in [0.25, 0.3) is 5.78 Å². The summed E-state index contributed by atoms with van der Waals surface area (Å²) in [6.45, 7) is 0.649. The van der Waals surface area contributed by atoms with Gasteiger partial charge >= 0.3 is 6.18 Å². The Morgan fingerprint density at radius 3 is 2.71 bits per heavy atom. The zero-order valence-corrected chi connectivity index (χ0v) is 11.4.